The number of halogens is 3. The molecular weight excluding hydrogens is 427 g/mol. The summed E-state index contributed by atoms with van der Waals surface area (Å²) in [6.07, 6.45) is -2.55. The molecule has 0 saturated carbocycles. The van der Waals surface area contributed by atoms with Crippen molar-refractivity contribution in [2.24, 2.45) is 0 Å². The van der Waals surface area contributed by atoms with Crippen molar-refractivity contribution in [2.75, 3.05) is 6.61 Å². The van der Waals surface area contributed by atoms with Crippen LogP contribution in [0.1, 0.15) is 44.7 Å². The molecule has 2 aromatic carbocycles. The molecule has 0 fully saturated rings. The maximum atomic E-state index is 13.5. The number of non-ortho nitro benzene ring substituents is 1. The van der Waals surface area contributed by atoms with Gasteiger partial charge in [0.25, 0.3) is 5.69 Å². The standard InChI is InChI=1S/C22H22F3N3O4/c1-4-21(5-2,20(29)32-6-3)14-7-9-15(10-8-14)27-13-17-18(22(23,24)25)11-16(28(30)31)12-19(17)26-27/h7-13H,4-6H2,1-3H3. The first-order chi connectivity index (χ1) is 15.1. The lowest BCUT2D eigenvalue weighted by atomic mass is 9.76. The Morgan fingerprint density at radius 3 is 2.25 bits per heavy atom. The van der Waals surface area contributed by atoms with E-state index >= 15 is 0 Å². The number of ether oxygens (including phenoxy) is 1. The van der Waals surface area contributed by atoms with Crippen molar-refractivity contribution in [1.29, 1.82) is 0 Å². The van der Waals surface area contributed by atoms with Gasteiger partial charge in [-0.15, -0.1) is 0 Å². The van der Waals surface area contributed by atoms with Gasteiger partial charge >= 0.3 is 12.1 Å². The zero-order valence-corrected chi connectivity index (χ0v) is 17.8. The lowest BCUT2D eigenvalue weighted by Gasteiger charge is -2.29. The third-order valence-electron chi connectivity index (χ3n) is 5.68. The molecule has 1 aromatic heterocycles. The van der Waals surface area contributed by atoms with E-state index in [4.69, 9.17) is 4.74 Å². The van der Waals surface area contributed by atoms with Crippen LogP contribution in [0.15, 0.2) is 42.6 Å². The molecular formula is C22H22F3N3O4. The van der Waals surface area contributed by atoms with Crippen LogP contribution < -0.4 is 0 Å². The van der Waals surface area contributed by atoms with E-state index in [1.165, 1.54) is 10.9 Å². The number of nitrogens with zero attached hydrogens (tertiary/aromatic N) is 3. The number of hydrogen-bond donors (Lipinski definition) is 0. The molecule has 0 aliphatic heterocycles. The van der Waals surface area contributed by atoms with E-state index < -0.39 is 27.8 Å². The van der Waals surface area contributed by atoms with Gasteiger partial charge in [-0.2, -0.15) is 18.3 Å². The van der Waals surface area contributed by atoms with Crippen LogP contribution in [0.2, 0.25) is 0 Å². The molecule has 0 aliphatic carbocycles. The molecule has 3 rings (SSSR count). The van der Waals surface area contributed by atoms with Crippen molar-refractivity contribution in [3.05, 3.63) is 63.8 Å². The predicted octanol–water partition coefficient (Wildman–Crippen LogP) is 5.57. The molecule has 170 valence electrons. The quantitative estimate of drug-likeness (QED) is 0.267. The number of benzene rings is 2. The minimum Gasteiger partial charge on any atom is -0.465 e. The maximum absolute atomic E-state index is 13.5. The van der Waals surface area contributed by atoms with Gasteiger partial charge in [-0.25, -0.2) is 4.68 Å². The van der Waals surface area contributed by atoms with Crippen molar-refractivity contribution >= 4 is 22.6 Å². The number of nitro benzene ring substituents is 1. The van der Waals surface area contributed by atoms with E-state index in [2.05, 4.69) is 5.10 Å². The van der Waals surface area contributed by atoms with E-state index in [-0.39, 0.29) is 23.5 Å². The third-order valence-corrected chi connectivity index (χ3v) is 5.68. The van der Waals surface area contributed by atoms with Crippen LogP contribution in [0.3, 0.4) is 0 Å². The molecule has 10 heteroatoms. The molecule has 0 bridgehead atoms. The molecule has 0 spiro atoms. The predicted molar refractivity (Wildman–Crippen MR) is 112 cm³/mol. The molecule has 7 nitrogen and oxygen atoms in total. The Morgan fingerprint density at radius 1 is 1.12 bits per heavy atom. The Kier molecular flexibility index (Phi) is 6.25. The van der Waals surface area contributed by atoms with Crippen LogP contribution in [0, 0.1) is 10.1 Å². The molecule has 0 N–H and O–H groups in total. The average Bonchev–Trinajstić information content (AvgIpc) is 3.18. The topological polar surface area (TPSA) is 87.3 Å². The fraction of sp³-hybridized carbons (Fsp3) is 0.364. The van der Waals surface area contributed by atoms with E-state index in [9.17, 15) is 28.1 Å². The van der Waals surface area contributed by atoms with Gasteiger partial charge in [0.15, 0.2) is 0 Å². The molecule has 0 unspecified atom stereocenters. The van der Waals surface area contributed by atoms with E-state index in [1.807, 2.05) is 13.8 Å². The van der Waals surface area contributed by atoms with Crippen molar-refractivity contribution in [3.8, 4) is 5.69 Å². The van der Waals surface area contributed by atoms with Gasteiger partial charge in [-0.05, 0) is 37.5 Å². The van der Waals surface area contributed by atoms with Crippen molar-refractivity contribution < 1.29 is 27.6 Å². The highest BCUT2D eigenvalue weighted by molar-refractivity contribution is 5.85. The van der Waals surface area contributed by atoms with Crippen LogP contribution in [0.4, 0.5) is 18.9 Å². The smallest absolute Gasteiger partial charge is 0.417 e. The summed E-state index contributed by atoms with van der Waals surface area (Å²) in [7, 11) is 0. The first-order valence-corrected chi connectivity index (χ1v) is 10.1. The number of alkyl halides is 3. The summed E-state index contributed by atoms with van der Waals surface area (Å²) in [5.74, 6) is -0.329. The van der Waals surface area contributed by atoms with Crippen LogP contribution in [-0.4, -0.2) is 27.3 Å². The third kappa shape index (κ3) is 4.04. The highest BCUT2D eigenvalue weighted by Gasteiger charge is 2.38. The lowest BCUT2D eigenvalue weighted by molar-refractivity contribution is -0.385. The van der Waals surface area contributed by atoms with Gasteiger partial charge in [0, 0.05) is 23.7 Å². The first-order valence-electron chi connectivity index (χ1n) is 10.1. The van der Waals surface area contributed by atoms with Gasteiger partial charge in [0.05, 0.1) is 28.2 Å². The normalized spacial score (nSPS) is 12.2. The number of carbonyl (C=O) groups excluding carboxylic acids is 1. The Bertz CT molecular complexity index is 1150. The zero-order chi connectivity index (χ0) is 23.7. The summed E-state index contributed by atoms with van der Waals surface area (Å²) in [5, 5.41) is 14.9. The maximum Gasteiger partial charge on any atom is 0.417 e. The summed E-state index contributed by atoms with van der Waals surface area (Å²) in [4.78, 5) is 22.8. The number of carbonyl (C=O) groups is 1. The van der Waals surface area contributed by atoms with Gasteiger partial charge in [0.2, 0.25) is 0 Å². The van der Waals surface area contributed by atoms with Gasteiger partial charge in [0.1, 0.15) is 5.52 Å². The van der Waals surface area contributed by atoms with Crippen molar-refractivity contribution in [2.45, 2.75) is 45.2 Å². The van der Waals surface area contributed by atoms with E-state index in [0.717, 1.165) is 11.6 Å². The molecule has 0 atom stereocenters. The molecule has 32 heavy (non-hydrogen) atoms. The SMILES string of the molecule is CCOC(=O)C(CC)(CC)c1ccc(-n2cc3c(C(F)(F)F)cc([N+](=O)[O-])cc3n2)cc1. The Balaban J connectivity index is 2.08. The first kappa shape index (κ1) is 23.2. The van der Waals surface area contributed by atoms with E-state index in [1.54, 1.807) is 31.2 Å². The molecule has 0 amide bonds. The van der Waals surface area contributed by atoms with Gasteiger partial charge < -0.3 is 4.74 Å². The minimum absolute atomic E-state index is 0.140. The fourth-order valence-electron chi connectivity index (χ4n) is 3.85. The molecule has 0 aliphatic rings. The molecule has 3 aromatic rings. The van der Waals surface area contributed by atoms with Gasteiger partial charge in [-0.1, -0.05) is 26.0 Å². The van der Waals surface area contributed by atoms with Crippen LogP contribution >= 0.6 is 0 Å². The Hall–Kier alpha value is -3.43. The number of aromatic nitrogens is 2. The zero-order valence-electron chi connectivity index (χ0n) is 17.8. The van der Waals surface area contributed by atoms with Crippen molar-refractivity contribution in [1.82, 2.24) is 9.78 Å². The second-order valence-electron chi connectivity index (χ2n) is 7.31. The molecule has 0 saturated heterocycles. The van der Waals surface area contributed by atoms with Crippen LogP contribution in [-0.2, 0) is 21.1 Å². The number of esters is 1. The molecule has 0 radical (unpaired) electrons. The fourth-order valence-corrected chi connectivity index (χ4v) is 3.85. The van der Waals surface area contributed by atoms with Crippen LogP contribution in [0.25, 0.3) is 16.6 Å². The Labute approximate surface area is 181 Å². The average molecular weight is 449 g/mol. The summed E-state index contributed by atoms with van der Waals surface area (Å²) in [6.45, 7) is 5.77. The largest absolute Gasteiger partial charge is 0.465 e. The second-order valence-corrected chi connectivity index (χ2v) is 7.31. The van der Waals surface area contributed by atoms with Crippen LogP contribution in [0.5, 0.6) is 0 Å². The number of rotatable bonds is 7. The highest BCUT2D eigenvalue weighted by Crippen LogP contribution is 2.38. The van der Waals surface area contributed by atoms with Crippen molar-refractivity contribution in [3.63, 3.8) is 0 Å². The monoisotopic (exact) mass is 449 g/mol. The number of fused-ring (bicyclic) bond motifs is 1. The summed E-state index contributed by atoms with van der Waals surface area (Å²) >= 11 is 0. The lowest BCUT2D eigenvalue weighted by Crippen LogP contribution is -2.36. The minimum atomic E-state index is -4.77. The van der Waals surface area contributed by atoms with Gasteiger partial charge in [-0.3, -0.25) is 14.9 Å². The number of hydrogen-bond acceptors (Lipinski definition) is 5. The summed E-state index contributed by atoms with van der Waals surface area (Å²) < 4.78 is 46.9. The number of nitro groups is 1. The summed E-state index contributed by atoms with van der Waals surface area (Å²) in [5.41, 5.74) is -1.59. The van der Waals surface area contributed by atoms with E-state index in [0.29, 0.717) is 24.6 Å². The Morgan fingerprint density at radius 2 is 1.75 bits per heavy atom. The summed E-state index contributed by atoms with van der Waals surface area (Å²) in [6, 6.07) is 8.24. The highest BCUT2D eigenvalue weighted by atomic mass is 19.4. The molecule has 1 heterocycles. The second kappa shape index (κ2) is 8.60.